The highest BCUT2D eigenvalue weighted by molar-refractivity contribution is 5.88. The standard InChI is InChI=1S/C28H29F3N6O3/c1-17-12-20(6-7-24(17)40-22-5-3-4-19(14-22)28(29,30)31)35-26-25-23(33-16-34-26)8-10-36(25)11-9-32-27(39)37-15-21(38)13-18(37)2/h3-8,10,12,14,16,18,21,38H,9,11,13,15H2,1-2H3,(H,32,39)(H,33,34,35)/t18?,21-/m1/s1. The SMILES string of the molecule is Cc1cc(Nc2ncnc3ccn(CCNC(=O)N4C[C@H](O)CC4C)c23)ccc1Oc1cccc(C(F)(F)F)c1. The maximum Gasteiger partial charge on any atom is 0.416 e. The van der Waals surface area contributed by atoms with Gasteiger partial charge in [-0.2, -0.15) is 13.2 Å². The van der Waals surface area contributed by atoms with Crippen LogP contribution >= 0.6 is 0 Å². The van der Waals surface area contributed by atoms with Gasteiger partial charge < -0.3 is 29.9 Å². The van der Waals surface area contributed by atoms with Crippen LogP contribution in [0.3, 0.4) is 0 Å². The molecule has 210 valence electrons. The number of aromatic nitrogens is 3. The fourth-order valence-corrected chi connectivity index (χ4v) is 4.82. The average molecular weight is 555 g/mol. The molecule has 2 amide bonds. The Hall–Kier alpha value is -4.32. The van der Waals surface area contributed by atoms with Crippen molar-refractivity contribution < 1.29 is 27.8 Å². The van der Waals surface area contributed by atoms with Crippen LogP contribution in [0.25, 0.3) is 11.0 Å². The quantitative estimate of drug-likeness (QED) is 0.280. The third kappa shape index (κ3) is 5.96. The third-order valence-corrected chi connectivity index (χ3v) is 6.82. The second-order valence-electron chi connectivity index (χ2n) is 9.82. The van der Waals surface area contributed by atoms with Crippen molar-refractivity contribution in [2.45, 2.75) is 45.1 Å². The molecular formula is C28H29F3N6O3. The molecule has 0 radical (unpaired) electrons. The zero-order valence-electron chi connectivity index (χ0n) is 21.9. The molecular weight excluding hydrogens is 525 g/mol. The van der Waals surface area contributed by atoms with E-state index in [4.69, 9.17) is 4.74 Å². The van der Waals surface area contributed by atoms with Gasteiger partial charge in [-0.1, -0.05) is 6.07 Å². The van der Waals surface area contributed by atoms with Gasteiger partial charge >= 0.3 is 12.2 Å². The van der Waals surface area contributed by atoms with Crippen molar-refractivity contribution >= 4 is 28.6 Å². The number of alkyl halides is 3. The van der Waals surface area contributed by atoms with Crippen LogP contribution in [0.2, 0.25) is 0 Å². The molecule has 1 saturated heterocycles. The number of anilines is 2. The Morgan fingerprint density at radius 1 is 1.18 bits per heavy atom. The number of aryl methyl sites for hydroxylation is 1. The smallest absolute Gasteiger partial charge is 0.416 e. The van der Waals surface area contributed by atoms with Crippen molar-refractivity contribution in [3.05, 3.63) is 72.2 Å². The molecule has 3 heterocycles. The number of rotatable bonds is 7. The third-order valence-electron chi connectivity index (χ3n) is 6.82. The molecule has 4 aromatic rings. The largest absolute Gasteiger partial charge is 0.457 e. The number of aliphatic hydroxyl groups excluding tert-OH is 1. The van der Waals surface area contributed by atoms with Crippen LogP contribution in [0.4, 0.5) is 29.5 Å². The zero-order chi connectivity index (χ0) is 28.4. The topological polar surface area (TPSA) is 105 Å². The van der Waals surface area contributed by atoms with Gasteiger partial charge in [0.05, 0.1) is 17.2 Å². The van der Waals surface area contributed by atoms with E-state index < -0.39 is 17.8 Å². The monoisotopic (exact) mass is 554 g/mol. The number of amides is 2. The number of nitrogens with one attached hydrogen (secondary N) is 2. The molecule has 0 bridgehead atoms. The molecule has 1 unspecified atom stereocenters. The maximum absolute atomic E-state index is 13.1. The Labute approximate surface area is 228 Å². The predicted molar refractivity (Wildman–Crippen MR) is 144 cm³/mol. The Bertz CT molecular complexity index is 1520. The summed E-state index contributed by atoms with van der Waals surface area (Å²) in [6, 6.07) is 11.6. The van der Waals surface area contributed by atoms with Crippen LogP contribution in [-0.2, 0) is 12.7 Å². The van der Waals surface area contributed by atoms with Crippen molar-refractivity contribution in [3.8, 4) is 11.5 Å². The summed E-state index contributed by atoms with van der Waals surface area (Å²) in [6.07, 6.45) is -1.06. The van der Waals surface area contributed by atoms with Crippen molar-refractivity contribution in [2.24, 2.45) is 0 Å². The van der Waals surface area contributed by atoms with Crippen LogP contribution in [0, 0.1) is 6.92 Å². The van der Waals surface area contributed by atoms with Crippen molar-refractivity contribution in [3.63, 3.8) is 0 Å². The van der Waals surface area contributed by atoms with Gasteiger partial charge in [0.1, 0.15) is 23.3 Å². The predicted octanol–water partition coefficient (Wildman–Crippen LogP) is 5.46. The van der Waals surface area contributed by atoms with Crippen molar-refractivity contribution in [1.82, 2.24) is 24.8 Å². The first-order valence-corrected chi connectivity index (χ1v) is 12.8. The number of aliphatic hydroxyl groups is 1. The Morgan fingerprint density at radius 2 is 2.00 bits per heavy atom. The molecule has 0 saturated carbocycles. The van der Waals surface area contributed by atoms with E-state index in [1.807, 2.05) is 29.8 Å². The van der Waals surface area contributed by atoms with Gasteiger partial charge in [0.25, 0.3) is 0 Å². The number of carbonyl (C=O) groups excluding carboxylic acids is 1. The minimum Gasteiger partial charge on any atom is -0.457 e. The normalized spacial score (nSPS) is 17.3. The molecule has 40 heavy (non-hydrogen) atoms. The summed E-state index contributed by atoms with van der Waals surface area (Å²) in [6.45, 7) is 4.89. The lowest BCUT2D eigenvalue weighted by Crippen LogP contribution is -2.43. The molecule has 2 atom stereocenters. The van der Waals surface area contributed by atoms with Crippen LogP contribution < -0.4 is 15.4 Å². The van der Waals surface area contributed by atoms with Crippen LogP contribution in [0.1, 0.15) is 24.5 Å². The van der Waals surface area contributed by atoms with E-state index in [-0.39, 0.29) is 17.8 Å². The number of nitrogens with zero attached hydrogens (tertiary/aromatic N) is 4. The van der Waals surface area contributed by atoms with E-state index in [9.17, 15) is 23.1 Å². The molecule has 12 heteroatoms. The molecule has 9 nitrogen and oxygen atoms in total. The van der Waals surface area contributed by atoms with Crippen molar-refractivity contribution in [1.29, 1.82) is 0 Å². The lowest BCUT2D eigenvalue weighted by Gasteiger charge is -2.21. The van der Waals surface area contributed by atoms with Gasteiger partial charge in [-0.25, -0.2) is 14.8 Å². The van der Waals surface area contributed by atoms with Gasteiger partial charge in [-0.15, -0.1) is 0 Å². The van der Waals surface area contributed by atoms with E-state index in [1.165, 1.54) is 18.5 Å². The van der Waals surface area contributed by atoms with Gasteiger partial charge in [0.15, 0.2) is 5.82 Å². The Morgan fingerprint density at radius 3 is 2.73 bits per heavy atom. The van der Waals surface area contributed by atoms with E-state index in [2.05, 4.69) is 20.6 Å². The van der Waals surface area contributed by atoms with E-state index >= 15 is 0 Å². The number of hydrogen-bond donors (Lipinski definition) is 3. The number of urea groups is 1. The second kappa shape index (κ2) is 11.0. The summed E-state index contributed by atoms with van der Waals surface area (Å²) in [4.78, 5) is 22.9. The second-order valence-corrected chi connectivity index (χ2v) is 9.82. The minimum atomic E-state index is -4.45. The van der Waals surface area contributed by atoms with Crippen molar-refractivity contribution in [2.75, 3.05) is 18.4 Å². The molecule has 1 aliphatic heterocycles. The lowest BCUT2D eigenvalue weighted by molar-refractivity contribution is -0.137. The molecule has 3 N–H and O–H groups in total. The first kappa shape index (κ1) is 27.3. The maximum atomic E-state index is 13.1. The fraction of sp³-hybridized carbons (Fsp3) is 0.321. The number of halogens is 3. The molecule has 1 aliphatic rings. The highest BCUT2D eigenvalue weighted by Crippen LogP contribution is 2.34. The molecule has 0 aliphatic carbocycles. The Kier molecular flexibility index (Phi) is 7.53. The fourth-order valence-electron chi connectivity index (χ4n) is 4.82. The van der Waals surface area contributed by atoms with Gasteiger partial charge in [-0.3, -0.25) is 0 Å². The number of β-amino-alcohol motifs (C(OH)–C–C–N with tert-alkyl or cyclic N) is 1. The molecule has 1 fully saturated rings. The van der Waals surface area contributed by atoms with E-state index in [1.54, 1.807) is 24.0 Å². The lowest BCUT2D eigenvalue weighted by atomic mass is 10.2. The molecule has 5 rings (SSSR count). The summed E-state index contributed by atoms with van der Waals surface area (Å²) in [5, 5.41) is 16.0. The van der Waals surface area contributed by atoms with Crippen LogP contribution in [-0.4, -0.2) is 55.8 Å². The summed E-state index contributed by atoms with van der Waals surface area (Å²) in [5.41, 5.74) is 2.12. The van der Waals surface area contributed by atoms with E-state index in [0.717, 1.165) is 23.2 Å². The number of likely N-dealkylation sites (tertiary alicyclic amines) is 1. The molecule has 2 aromatic carbocycles. The minimum absolute atomic E-state index is 0.0168. The number of ether oxygens (including phenoxy) is 1. The average Bonchev–Trinajstić information content (AvgIpc) is 3.48. The zero-order valence-corrected chi connectivity index (χ0v) is 21.9. The highest BCUT2D eigenvalue weighted by atomic mass is 19.4. The highest BCUT2D eigenvalue weighted by Gasteiger charge is 2.31. The summed E-state index contributed by atoms with van der Waals surface area (Å²) >= 11 is 0. The first-order chi connectivity index (χ1) is 19.1. The number of hydrogen-bond acceptors (Lipinski definition) is 6. The molecule has 2 aromatic heterocycles. The molecule has 0 spiro atoms. The van der Waals surface area contributed by atoms with Crippen LogP contribution in [0.15, 0.2) is 61.1 Å². The number of carbonyl (C=O) groups is 1. The van der Waals surface area contributed by atoms with Crippen LogP contribution in [0.5, 0.6) is 11.5 Å². The van der Waals surface area contributed by atoms with Gasteiger partial charge in [0, 0.05) is 37.6 Å². The number of benzene rings is 2. The van der Waals surface area contributed by atoms with Gasteiger partial charge in [0.2, 0.25) is 0 Å². The number of fused-ring (bicyclic) bond motifs is 1. The summed E-state index contributed by atoms with van der Waals surface area (Å²) in [7, 11) is 0. The summed E-state index contributed by atoms with van der Waals surface area (Å²) < 4.78 is 46.8. The Balaban J connectivity index is 1.27. The summed E-state index contributed by atoms with van der Waals surface area (Å²) in [5.74, 6) is 1.08. The van der Waals surface area contributed by atoms with Gasteiger partial charge in [-0.05, 0) is 68.3 Å². The first-order valence-electron chi connectivity index (χ1n) is 12.8. The van der Waals surface area contributed by atoms with E-state index in [0.29, 0.717) is 48.9 Å².